The second-order valence-corrected chi connectivity index (χ2v) is 9.50. The Morgan fingerprint density at radius 1 is 1.05 bits per heavy atom. The van der Waals surface area contributed by atoms with Gasteiger partial charge >= 0.3 is 6.61 Å². The standard InChI is InChI=1S/C29H31F2N5O2.C2H6/c1-18-7-10-21(11-8-18)28(37)36-23-12-9-19(2)25(16-23)27(34-20(3)26-17-32-13-14-33-26)35-22-5-4-6-24(15-22)38-29(30)31;1-2/h4-6,9,12-18,21,29H,3,7-8,10-11H2,1-2H3,(H,34,35)(H,36,37);1-2H3. The Labute approximate surface area is 234 Å². The highest BCUT2D eigenvalue weighted by molar-refractivity contribution is 6.12. The number of halogens is 2. The number of rotatable bonds is 8. The minimum absolute atomic E-state index is 0.00350. The predicted octanol–water partition coefficient (Wildman–Crippen LogP) is 7.71. The number of amides is 1. The Balaban J connectivity index is 0.00000216. The van der Waals surface area contributed by atoms with Crippen LogP contribution in [0.3, 0.4) is 0 Å². The highest BCUT2D eigenvalue weighted by atomic mass is 19.3. The summed E-state index contributed by atoms with van der Waals surface area (Å²) in [7, 11) is 0. The third-order valence-electron chi connectivity index (χ3n) is 6.57. The SMILES string of the molecule is C=C(N=C(Nc1cccc(OC(F)F)c1)c1cc(NC(=O)C2CCC(C)CC2)ccc1C)c1cnccn1.CC. The van der Waals surface area contributed by atoms with Crippen molar-refractivity contribution in [2.24, 2.45) is 16.8 Å². The number of aromatic nitrogens is 2. The van der Waals surface area contributed by atoms with Gasteiger partial charge in [0.25, 0.3) is 0 Å². The minimum Gasteiger partial charge on any atom is -0.435 e. The summed E-state index contributed by atoms with van der Waals surface area (Å²) < 4.78 is 30.1. The number of carbonyl (C=O) groups excluding carboxylic acids is 1. The molecule has 0 bridgehead atoms. The summed E-state index contributed by atoms with van der Waals surface area (Å²) in [6.07, 6.45) is 8.52. The van der Waals surface area contributed by atoms with E-state index in [-0.39, 0.29) is 17.6 Å². The molecular weight excluding hydrogens is 512 g/mol. The van der Waals surface area contributed by atoms with Crippen LogP contribution in [-0.2, 0) is 4.79 Å². The lowest BCUT2D eigenvalue weighted by atomic mass is 9.82. The summed E-state index contributed by atoms with van der Waals surface area (Å²) in [4.78, 5) is 26.0. The zero-order valence-electron chi connectivity index (χ0n) is 23.5. The number of nitrogens with zero attached hydrogens (tertiary/aromatic N) is 3. The Morgan fingerprint density at radius 3 is 2.45 bits per heavy atom. The third kappa shape index (κ3) is 8.69. The molecule has 0 unspecified atom stereocenters. The van der Waals surface area contributed by atoms with E-state index in [1.54, 1.807) is 30.7 Å². The molecule has 212 valence electrons. The highest BCUT2D eigenvalue weighted by Gasteiger charge is 2.24. The smallest absolute Gasteiger partial charge is 0.387 e. The maximum atomic E-state index is 13.0. The number of aliphatic imine (C=N–C) groups is 1. The van der Waals surface area contributed by atoms with Crippen LogP contribution in [0.5, 0.6) is 5.75 Å². The Bertz CT molecular complexity index is 1310. The van der Waals surface area contributed by atoms with Crippen LogP contribution in [0.2, 0.25) is 0 Å². The molecule has 0 atom stereocenters. The minimum atomic E-state index is -2.94. The molecule has 9 heteroatoms. The van der Waals surface area contributed by atoms with E-state index in [1.165, 1.54) is 12.1 Å². The highest BCUT2D eigenvalue weighted by Crippen LogP contribution is 2.30. The molecule has 4 rings (SSSR count). The van der Waals surface area contributed by atoms with Gasteiger partial charge < -0.3 is 15.4 Å². The number of nitrogens with one attached hydrogen (secondary N) is 2. The maximum absolute atomic E-state index is 13.0. The summed E-state index contributed by atoms with van der Waals surface area (Å²) >= 11 is 0. The Kier molecular flexibility index (Phi) is 11.3. The van der Waals surface area contributed by atoms with Gasteiger partial charge in [-0.1, -0.05) is 39.5 Å². The van der Waals surface area contributed by atoms with Crippen molar-refractivity contribution in [2.75, 3.05) is 10.6 Å². The Morgan fingerprint density at radius 2 is 1.77 bits per heavy atom. The van der Waals surface area contributed by atoms with E-state index in [1.807, 2.05) is 39.0 Å². The van der Waals surface area contributed by atoms with Crippen molar-refractivity contribution in [3.8, 4) is 5.75 Å². The molecule has 0 aliphatic heterocycles. The fraction of sp³-hybridized carbons (Fsp3) is 0.355. The van der Waals surface area contributed by atoms with E-state index < -0.39 is 6.61 Å². The van der Waals surface area contributed by atoms with Crippen molar-refractivity contribution < 1.29 is 18.3 Å². The van der Waals surface area contributed by atoms with E-state index in [0.29, 0.717) is 40.1 Å². The fourth-order valence-electron chi connectivity index (χ4n) is 4.40. The summed E-state index contributed by atoms with van der Waals surface area (Å²) in [6, 6.07) is 11.8. The Hall–Kier alpha value is -4.14. The van der Waals surface area contributed by atoms with Crippen molar-refractivity contribution >= 4 is 28.8 Å². The van der Waals surface area contributed by atoms with E-state index in [9.17, 15) is 13.6 Å². The molecule has 1 saturated carbocycles. The average molecular weight is 550 g/mol. The summed E-state index contributed by atoms with van der Waals surface area (Å²) in [5, 5.41) is 6.26. The van der Waals surface area contributed by atoms with Crippen molar-refractivity contribution in [2.45, 2.75) is 60.0 Å². The zero-order chi connectivity index (χ0) is 29.1. The van der Waals surface area contributed by atoms with Gasteiger partial charge in [-0.25, -0.2) is 4.99 Å². The molecular formula is C31H37F2N5O2. The number of alkyl halides is 2. The van der Waals surface area contributed by atoms with Gasteiger partial charge in [0.2, 0.25) is 5.91 Å². The topological polar surface area (TPSA) is 88.5 Å². The molecule has 1 heterocycles. The molecule has 2 N–H and O–H groups in total. The van der Waals surface area contributed by atoms with Gasteiger partial charge in [-0.2, -0.15) is 8.78 Å². The summed E-state index contributed by atoms with van der Waals surface area (Å²) in [6.45, 7) is 9.23. The monoisotopic (exact) mass is 549 g/mol. The van der Waals surface area contributed by atoms with Gasteiger partial charge in [0, 0.05) is 41.3 Å². The molecule has 2 aromatic carbocycles. The number of hydrogen-bond acceptors (Lipinski definition) is 5. The molecule has 1 fully saturated rings. The van der Waals surface area contributed by atoms with Crippen molar-refractivity contribution in [1.82, 2.24) is 9.97 Å². The van der Waals surface area contributed by atoms with Crippen LogP contribution in [0, 0.1) is 18.8 Å². The average Bonchev–Trinajstić information content (AvgIpc) is 2.95. The molecule has 0 spiro atoms. The van der Waals surface area contributed by atoms with Crippen LogP contribution in [-0.4, -0.2) is 28.3 Å². The van der Waals surface area contributed by atoms with Gasteiger partial charge in [-0.3, -0.25) is 14.8 Å². The molecule has 1 aromatic heterocycles. The van der Waals surface area contributed by atoms with Crippen LogP contribution in [0.4, 0.5) is 20.2 Å². The van der Waals surface area contributed by atoms with E-state index >= 15 is 0 Å². The number of anilines is 2. The van der Waals surface area contributed by atoms with Crippen LogP contribution in [0.25, 0.3) is 5.70 Å². The molecule has 3 aromatic rings. The predicted molar refractivity (Wildman–Crippen MR) is 157 cm³/mol. The number of carbonyl (C=O) groups is 1. The number of hydrogen-bond donors (Lipinski definition) is 2. The summed E-state index contributed by atoms with van der Waals surface area (Å²) in [5.74, 6) is 1.07. The van der Waals surface area contributed by atoms with E-state index in [4.69, 9.17) is 0 Å². The van der Waals surface area contributed by atoms with Gasteiger partial charge in [0.15, 0.2) is 0 Å². The molecule has 0 radical (unpaired) electrons. The first-order valence-electron chi connectivity index (χ1n) is 13.6. The van der Waals surface area contributed by atoms with Crippen LogP contribution in [0.15, 0.2) is 72.6 Å². The fourth-order valence-corrected chi connectivity index (χ4v) is 4.40. The number of amidine groups is 1. The number of aryl methyl sites for hydroxylation is 1. The second-order valence-electron chi connectivity index (χ2n) is 9.50. The van der Waals surface area contributed by atoms with Gasteiger partial charge in [0.1, 0.15) is 17.3 Å². The molecule has 1 aliphatic carbocycles. The van der Waals surface area contributed by atoms with Gasteiger partial charge in [-0.05, 0) is 68.4 Å². The number of ether oxygens (including phenoxy) is 1. The van der Waals surface area contributed by atoms with E-state index in [2.05, 4.69) is 43.8 Å². The second kappa shape index (κ2) is 14.9. The lowest BCUT2D eigenvalue weighted by Gasteiger charge is -2.25. The third-order valence-corrected chi connectivity index (χ3v) is 6.57. The van der Waals surface area contributed by atoms with Gasteiger partial charge in [0.05, 0.1) is 11.9 Å². The lowest BCUT2D eigenvalue weighted by molar-refractivity contribution is -0.121. The zero-order valence-corrected chi connectivity index (χ0v) is 23.5. The van der Waals surface area contributed by atoms with Crippen LogP contribution >= 0.6 is 0 Å². The summed E-state index contributed by atoms with van der Waals surface area (Å²) in [5.41, 5.74) is 3.54. The molecule has 1 aliphatic rings. The lowest BCUT2D eigenvalue weighted by Crippen LogP contribution is -2.26. The molecule has 1 amide bonds. The molecule has 0 saturated heterocycles. The van der Waals surface area contributed by atoms with Crippen LogP contribution < -0.4 is 15.4 Å². The van der Waals surface area contributed by atoms with Crippen molar-refractivity contribution in [3.63, 3.8) is 0 Å². The first-order valence-corrected chi connectivity index (χ1v) is 13.6. The first kappa shape index (κ1) is 30.4. The van der Waals surface area contributed by atoms with Gasteiger partial charge in [-0.15, -0.1) is 0 Å². The molecule has 40 heavy (non-hydrogen) atoms. The maximum Gasteiger partial charge on any atom is 0.387 e. The first-order chi connectivity index (χ1) is 19.3. The quantitative estimate of drug-likeness (QED) is 0.222. The van der Waals surface area contributed by atoms with Crippen molar-refractivity contribution in [3.05, 3.63) is 84.5 Å². The van der Waals surface area contributed by atoms with Crippen LogP contribution in [0.1, 0.15) is 63.3 Å². The normalized spacial score (nSPS) is 16.9. The number of benzene rings is 2. The largest absolute Gasteiger partial charge is 0.435 e. The molecule has 7 nitrogen and oxygen atoms in total. The van der Waals surface area contributed by atoms with Crippen molar-refractivity contribution in [1.29, 1.82) is 0 Å². The van der Waals surface area contributed by atoms with E-state index in [0.717, 1.165) is 31.2 Å².